The first-order chi connectivity index (χ1) is 9.76. The number of hydrogen-bond donors (Lipinski definition) is 1. The highest BCUT2D eigenvalue weighted by Crippen LogP contribution is 2.29. The highest BCUT2D eigenvalue weighted by molar-refractivity contribution is 5.33. The monoisotopic (exact) mass is 277 g/mol. The van der Waals surface area contributed by atoms with Crippen LogP contribution in [0.4, 0.5) is 10.4 Å². The Hall–Kier alpha value is -2.11. The van der Waals surface area contributed by atoms with Gasteiger partial charge in [-0.2, -0.15) is 0 Å². The molecule has 106 valence electrons. The predicted octanol–water partition coefficient (Wildman–Crippen LogP) is 2.92. The summed E-state index contributed by atoms with van der Waals surface area (Å²) in [5.74, 6) is 0.535. The van der Waals surface area contributed by atoms with Crippen LogP contribution >= 0.6 is 0 Å². The second-order valence-corrected chi connectivity index (χ2v) is 4.75. The average Bonchev–Trinajstić information content (AvgIpc) is 3.15. The molecule has 6 heteroatoms. The van der Waals surface area contributed by atoms with Crippen LogP contribution in [-0.2, 0) is 13.0 Å². The van der Waals surface area contributed by atoms with Gasteiger partial charge in [-0.1, -0.05) is 24.2 Å². The number of aryl methyl sites for hydroxylation is 1. The van der Waals surface area contributed by atoms with E-state index in [1.54, 1.807) is 18.2 Å². The summed E-state index contributed by atoms with van der Waals surface area (Å²) in [4.78, 5) is 0. The van der Waals surface area contributed by atoms with Gasteiger partial charge in [0, 0.05) is 18.5 Å². The van der Waals surface area contributed by atoms with Crippen molar-refractivity contribution in [3.05, 3.63) is 35.5 Å². The van der Waals surface area contributed by atoms with Crippen molar-refractivity contribution < 1.29 is 13.5 Å². The number of rotatable bonds is 6. The predicted molar refractivity (Wildman–Crippen MR) is 71.1 cm³/mol. The summed E-state index contributed by atoms with van der Waals surface area (Å²) in [6.45, 7) is 2.20. The molecule has 0 atom stereocenters. The Balaban J connectivity index is 1.66. The van der Waals surface area contributed by atoms with Gasteiger partial charge in [0.05, 0.1) is 6.10 Å². The number of benzene rings is 1. The third-order valence-corrected chi connectivity index (χ3v) is 3.06. The highest BCUT2D eigenvalue weighted by atomic mass is 19.1. The van der Waals surface area contributed by atoms with Crippen molar-refractivity contribution in [3.8, 4) is 5.75 Å². The van der Waals surface area contributed by atoms with Crippen molar-refractivity contribution >= 4 is 6.01 Å². The number of anilines is 1. The fourth-order valence-electron chi connectivity index (χ4n) is 1.79. The molecule has 5 nitrogen and oxygen atoms in total. The molecule has 1 heterocycles. The first kappa shape index (κ1) is 12.9. The second-order valence-electron chi connectivity index (χ2n) is 4.75. The van der Waals surface area contributed by atoms with Crippen LogP contribution in [0.15, 0.2) is 22.6 Å². The zero-order valence-corrected chi connectivity index (χ0v) is 11.2. The molecular weight excluding hydrogens is 261 g/mol. The second kappa shape index (κ2) is 5.48. The SMILES string of the molecule is CCc1nnc(NCc2cccc(OC3CC3)c2F)o1. The molecular formula is C14H16FN3O2. The van der Waals surface area contributed by atoms with Gasteiger partial charge in [-0.3, -0.25) is 0 Å². The lowest BCUT2D eigenvalue weighted by molar-refractivity contribution is 0.286. The zero-order valence-electron chi connectivity index (χ0n) is 11.2. The Morgan fingerprint density at radius 3 is 2.95 bits per heavy atom. The number of ether oxygens (including phenoxy) is 1. The van der Waals surface area contributed by atoms with Gasteiger partial charge >= 0.3 is 6.01 Å². The Bertz CT molecular complexity index is 596. The van der Waals surface area contributed by atoms with Crippen LogP contribution in [0.3, 0.4) is 0 Å². The van der Waals surface area contributed by atoms with E-state index in [2.05, 4.69) is 15.5 Å². The third-order valence-electron chi connectivity index (χ3n) is 3.06. The van der Waals surface area contributed by atoms with Crippen LogP contribution in [0.25, 0.3) is 0 Å². The molecule has 2 aromatic rings. The molecule has 1 aromatic carbocycles. The lowest BCUT2D eigenvalue weighted by Crippen LogP contribution is -2.05. The minimum absolute atomic E-state index is 0.177. The van der Waals surface area contributed by atoms with Crippen molar-refractivity contribution in [1.29, 1.82) is 0 Å². The van der Waals surface area contributed by atoms with Gasteiger partial charge in [0.1, 0.15) is 0 Å². The molecule has 1 fully saturated rings. The average molecular weight is 277 g/mol. The maximum Gasteiger partial charge on any atom is 0.315 e. The molecule has 1 N–H and O–H groups in total. The molecule has 0 aliphatic heterocycles. The van der Waals surface area contributed by atoms with Gasteiger partial charge in [0.15, 0.2) is 11.6 Å². The molecule has 1 aliphatic rings. The zero-order chi connectivity index (χ0) is 13.9. The number of hydrogen-bond acceptors (Lipinski definition) is 5. The molecule has 0 bridgehead atoms. The largest absolute Gasteiger partial charge is 0.487 e. The maximum atomic E-state index is 14.2. The summed E-state index contributed by atoms with van der Waals surface area (Å²) in [7, 11) is 0. The Kier molecular flexibility index (Phi) is 3.54. The minimum Gasteiger partial charge on any atom is -0.487 e. The standard InChI is InChI=1S/C14H16FN3O2/c1-2-12-17-18-14(20-12)16-8-9-4-3-5-11(13(9)15)19-10-6-7-10/h3-5,10H,2,6-8H2,1H3,(H,16,18). The summed E-state index contributed by atoms with van der Waals surface area (Å²) in [6.07, 6.45) is 2.86. The molecule has 0 spiro atoms. The van der Waals surface area contributed by atoms with Crippen molar-refractivity contribution in [2.75, 3.05) is 5.32 Å². The summed E-state index contributed by atoms with van der Waals surface area (Å²) in [5.41, 5.74) is 0.513. The molecule has 20 heavy (non-hydrogen) atoms. The topological polar surface area (TPSA) is 60.2 Å². The molecule has 0 saturated heterocycles. The van der Waals surface area contributed by atoms with E-state index in [1.807, 2.05) is 6.92 Å². The van der Waals surface area contributed by atoms with E-state index in [1.165, 1.54) is 0 Å². The van der Waals surface area contributed by atoms with Crippen LogP contribution < -0.4 is 10.1 Å². The van der Waals surface area contributed by atoms with Crippen molar-refractivity contribution in [2.24, 2.45) is 0 Å². The van der Waals surface area contributed by atoms with Gasteiger partial charge in [0.2, 0.25) is 5.89 Å². The van der Waals surface area contributed by atoms with Gasteiger partial charge in [-0.25, -0.2) is 4.39 Å². The normalized spacial score (nSPS) is 14.3. The Morgan fingerprint density at radius 2 is 2.25 bits per heavy atom. The first-order valence-electron chi connectivity index (χ1n) is 6.76. The van der Waals surface area contributed by atoms with Gasteiger partial charge < -0.3 is 14.5 Å². The van der Waals surface area contributed by atoms with Crippen LogP contribution in [0.2, 0.25) is 0 Å². The first-order valence-corrected chi connectivity index (χ1v) is 6.76. The van der Waals surface area contributed by atoms with E-state index >= 15 is 0 Å². The molecule has 0 radical (unpaired) electrons. The quantitative estimate of drug-likeness (QED) is 0.879. The van der Waals surface area contributed by atoms with Crippen molar-refractivity contribution in [3.63, 3.8) is 0 Å². The summed E-state index contributed by atoms with van der Waals surface area (Å²) in [5, 5.41) is 10.6. The van der Waals surface area contributed by atoms with Gasteiger partial charge in [-0.05, 0) is 18.9 Å². The fraction of sp³-hybridized carbons (Fsp3) is 0.429. The van der Waals surface area contributed by atoms with Crippen LogP contribution in [0.5, 0.6) is 5.75 Å². The van der Waals surface area contributed by atoms with E-state index < -0.39 is 0 Å². The lowest BCUT2D eigenvalue weighted by Gasteiger charge is -2.09. The highest BCUT2D eigenvalue weighted by Gasteiger charge is 2.25. The number of halogens is 1. The van der Waals surface area contributed by atoms with Crippen molar-refractivity contribution in [2.45, 2.75) is 38.8 Å². The van der Waals surface area contributed by atoms with E-state index in [-0.39, 0.29) is 18.5 Å². The van der Waals surface area contributed by atoms with E-state index in [4.69, 9.17) is 9.15 Å². The van der Waals surface area contributed by atoms with Gasteiger partial charge in [0.25, 0.3) is 0 Å². The Morgan fingerprint density at radius 1 is 1.40 bits per heavy atom. The van der Waals surface area contributed by atoms with Crippen LogP contribution in [0.1, 0.15) is 31.2 Å². The van der Waals surface area contributed by atoms with Gasteiger partial charge in [-0.15, -0.1) is 5.10 Å². The molecule has 3 rings (SSSR count). The molecule has 1 saturated carbocycles. The molecule has 0 unspecified atom stereocenters. The van der Waals surface area contributed by atoms with E-state index in [9.17, 15) is 4.39 Å². The molecule has 1 aromatic heterocycles. The summed E-state index contributed by atoms with van der Waals surface area (Å²) in [6, 6.07) is 5.44. The number of aromatic nitrogens is 2. The maximum absolute atomic E-state index is 14.2. The summed E-state index contributed by atoms with van der Waals surface area (Å²) < 4.78 is 25.0. The molecule has 1 aliphatic carbocycles. The summed E-state index contributed by atoms with van der Waals surface area (Å²) >= 11 is 0. The number of nitrogens with zero attached hydrogens (tertiary/aromatic N) is 2. The third kappa shape index (κ3) is 2.89. The van der Waals surface area contributed by atoms with Crippen molar-refractivity contribution in [1.82, 2.24) is 10.2 Å². The number of nitrogens with one attached hydrogen (secondary N) is 1. The van der Waals surface area contributed by atoms with E-state index in [0.29, 0.717) is 29.6 Å². The van der Waals surface area contributed by atoms with Crippen LogP contribution in [0, 0.1) is 5.82 Å². The molecule has 0 amide bonds. The Labute approximate surface area is 116 Å². The van der Waals surface area contributed by atoms with E-state index in [0.717, 1.165) is 12.8 Å². The smallest absolute Gasteiger partial charge is 0.315 e. The fourth-order valence-corrected chi connectivity index (χ4v) is 1.79. The minimum atomic E-state index is -0.331. The lowest BCUT2D eigenvalue weighted by atomic mass is 10.2. The van der Waals surface area contributed by atoms with Crippen LogP contribution in [-0.4, -0.2) is 16.3 Å².